The molecule has 2 fully saturated rings. The van der Waals surface area contributed by atoms with Crippen molar-refractivity contribution in [3.8, 4) is 5.75 Å². The zero-order chi connectivity index (χ0) is 20.3. The lowest BCUT2D eigenvalue weighted by Gasteiger charge is -2.28. The summed E-state index contributed by atoms with van der Waals surface area (Å²) >= 11 is 0. The van der Waals surface area contributed by atoms with E-state index in [0.29, 0.717) is 0 Å². The number of benzene rings is 1. The van der Waals surface area contributed by atoms with Gasteiger partial charge >= 0.3 is 0 Å². The Hall–Kier alpha value is -0.980. The van der Waals surface area contributed by atoms with Crippen LogP contribution in [0.4, 0.5) is 0 Å². The average Bonchev–Trinajstić information content (AvgIpc) is 2.76. The summed E-state index contributed by atoms with van der Waals surface area (Å²) in [4.78, 5) is 0. The maximum absolute atomic E-state index is 6.05. The van der Waals surface area contributed by atoms with Gasteiger partial charge in [-0.25, -0.2) is 0 Å². The van der Waals surface area contributed by atoms with Crippen molar-refractivity contribution in [2.45, 2.75) is 116 Å². The molecule has 0 unspecified atom stereocenters. The Morgan fingerprint density at radius 3 is 1.97 bits per heavy atom. The standard InChI is InChI=1S/C28H46O/c1-3-4-5-6-8-24-12-14-25(15-13-24)9-7-22-29-28-20-18-27(19-21-28)26-16-10-23(2)11-17-26/h18-21,23-26H,3-17,22H2,1-2H3/t23-,24-,25-,26-. The van der Waals surface area contributed by atoms with E-state index in [1.165, 1.54) is 102 Å². The average molecular weight is 399 g/mol. The molecule has 0 saturated heterocycles. The molecule has 1 aromatic rings. The number of hydrogen-bond acceptors (Lipinski definition) is 1. The van der Waals surface area contributed by atoms with Crippen LogP contribution in [-0.4, -0.2) is 6.61 Å². The van der Waals surface area contributed by atoms with Crippen LogP contribution < -0.4 is 4.74 Å². The van der Waals surface area contributed by atoms with Crippen molar-refractivity contribution in [3.63, 3.8) is 0 Å². The van der Waals surface area contributed by atoms with Crippen molar-refractivity contribution >= 4 is 0 Å². The van der Waals surface area contributed by atoms with E-state index in [0.717, 1.165) is 36.0 Å². The van der Waals surface area contributed by atoms with Gasteiger partial charge in [-0.2, -0.15) is 0 Å². The van der Waals surface area contributed by atoms with Crippen LogP contribution in [0.3, 0.4) is 0 Å². The SMILES string of the molecule is CCCCCC[C@H]1CC[C@H](CCCOc2ccc([C@H]3CC[C@H](C)CC3)cc2)CC1. The molecule has 2 saturated carbocycles. The maximum atomic E-state index is 6.05. The Morgan fingerprint density at radius 1 is 0.724 bits per heavy atom. The van der Waals surface area contributed by atoms with Gasteiger partial charge in [0, 0.05) is 0 Å². The molecule has 29 heavy (non-hydrogen) atoms. The first-order valence-corrected chi connectivity index (χ1v) is 13.0. The predicted octanol–water partition coefficient (Wildman–Crippen LogP) is 8.92. The van der Waals surface area contributed by atoms with Crippen LogP contribution in [0.2, 0.25) is 0 Å². The fraction of sp³-hybridized carbons (Fsp3) is 0.786. The molecule has 0 bridgehead atoms. The summed E-state index contributed by atoms with van der Waals surface area (Å²) in [7, 11) is 0. The van der Waals surface area contributed by atoms with Crippen molar-refractivity contribution < 1.29 is 4.74 Å². The van der Waals surface area contributed by atoms with Gasteiger partial charge in [0.25, 0.3) is 0 Å². The van der Waals surface area contributed by atoms with E-state index in [2.05, 4.69) is 38.1 Å². The zero-order valence-electron chi connectivity index (χ0n) is 19.3. The van der Waals surface area contributed by atoms with E-state index in [4.69, 9.17) is 4.74 Å². The minimum atomic E-state index is 0.780. The molecule has 1 aromatic carbocycles. The van der Waals surface area contributed by atoms with E-state index in [9.17, 15) is 0 Å². The highest BCUT2D eigenvalue weighted by Crippen LogP contribution is 2.36. The monoisotopic (exact) mass is 398 g/mol. The van der Waals surface area contributed by atoms with Gasteiger partial charge in [-0.3, -0.25) is 0 Å². The second kappa shape index (κ2) is 12.7. The molecule has 0 aromatic heterocycles. The molecule has 2 aliphatic rings. The Bertz CT molecular complexity index is 532. The van der Waals surface area contributed by atoms with Gasteiger partial charge in [0.1, 0.15) is 5.75 Å². The molecule has 0 atom stereocenters. The third-order valence-corrected chi connectivity index (χ3v) is 7.83. The van der Waals surface area contributed by atoms with Gasteiger partial charge in [0.15, 0.2) is 0 Å². The fourth-order valence-electron chi connectivity index (χ4n) is 5.66. The second-order valence-corrected chi connectivity index (χ2v) is 10.3. The molecule has 1 nitrogen and oxygen atoms in total. The van der Waals surface area contributed by atoms with Crippen LogP contribution in [-0.2, 0) is 0 Å². The van der Waals surface area contributed by atoms with E-state index < -0.39 is 0 Å². The molecular formula is C28H46O. The fourth-order valence-corrected chi connectivity index (χ4v) is 5.66. The Kier molecular flexibility index (Phi) is 9.91. The van der Waals surface area contributed by atoms with Crippen molar-refractivity contribution in [1.29, 1.82) is 0 Å². The Labute approximate surface area is 181 Å². The molecule has 164 valence electrons. The van der Waals surface area contributed by atoms with Gasteiger partial charge in [-0.1, -0.05) is 96.6 Å². The summed E-state index contributed by atoms with van der Waals surface area (Å²) in [5.74, 6) is 4.76. The molecule has 0 amide bonds. The molecule has 0 radical (unpaired) electrons. The smallest absolute Gasteiger partial charge is 0.119 e. The van der Waals surface area contributed by atoms with Crippen LogP contribution in [0, 0.1) is 17.8 Å². The highest BCUT2D eigenvalue weighted by Gasteiger charge is 2.21. The predicted molar refractivity (Wildman–Crippen MR) is 126 cm³/mol. The first kappa shape index (κ1) is 22.7. The lowest BCUT2D eigenvalue weighted by atomic mass is 9.78. The van der Waals surface area contributed by atoms with Crippen LogP contribution >= 0.6 is 0 Å². The molecule has 0 N–H and O–H groups in total. The molecule has 2 aliphatic carbocycles. The normalized spacial score (nSPS) is 27.7. The summed E-state index contributed by atoms with van der Waals surface area (Å²) in [5.41, 5.74) is 1.52. The van der Waals surface area contributed by atoms with E-state index in [1.54, 1.807) is 0 Å². The quantitative estimate of drug-likeness (QED) is 0.338. The number of rotatable bonds is 11. The van der Waals surface area contributed by atoms with Crippen molar-refractivity contribution in [1.82, 2.24) is 0 Å². The lowest BCUT2D eigenvalue weighted by Crippen LogP contribution is -2.15. The summed E-state index contributed by atoms with van der Waals surface area (Å²) in [6, 6.07) is 9.05. The summed E-state index contributed by atoms with van der Waals surface area (Å²) < 4.78 is 6.05. The molecule has 0 spiro atoms. The van der Waals surface area contributed by atoms with Crippen molar-refractivity contribution in [3.05, 3.63) is 29.8 Å². The Morgan fingerprint density at radius 2 is 1.34 bits per heavy atom. The van der Waals surface area contributed by atoms with Gasteiger partial charge < -0.3 is 4.74 Å². The molecule has 0 aliphatic heterocycles. The van der Waals surface area contributed by atoms with Gasteiger partial charge in [0.2, 0.25) is 0 Å². The van der Waals surface area contributed by atoms with Crippen LogP contribution in [0.1, 0.15) is 122 Å². The van der Waals surface area contributed by atoms with Gasteiger partial charge in [-0.15, -0.1) is 0 Å². The maximum Gasteiger partial charge on any atom is 0.119 e. The molecule has 3 rings (SSSR count). The van der Waals surface area contributed by atoms with Gasteiger partial charge in [-0.05, 0) is 67.1 Å². The third kappa shape index (κ3) is 7.99. The summed E-state index contributed by atoms with van der Waals surface area (Å²) in [6.07, 6.45) is 21.2. The lowest BCUT2D eigenvalue weighted by molar-refractivity contribution is 0.228. The topological polar surface area (TPSA) is 9.23 Å². The number of ether oxygens (including phenoxy) is 1. The van der Waals surface area contributed by atoms with Crippen LogP contribution in [0.25, 0.3) is 0 Å². The van der Waals surface area contributed by atoms with Gasteiger partial charge in [0.05, 0.1) is 6.61 Å². The van der Waals surface area contributed by atoms with Crippen LogP contribution in [0.5, 0.6) is 5.75 Å². The largest absolute Gasteiger partial charge is 0.494 e. The van der Waals surface area contributed by atoms with Crippen molar-refractivity contribution in [2.24, 2.45) is 17.8 Å². The molecule has 0 heterocycles. The van der Waals surface area contributed by atoms with E-state index >= 15 is 0 Å². The minimum absolute atomic E-state index is 0.780. The highest BCUT2D eigenvalue weighted by atomic mass is 16.5. The van der Waals surface area contributed by atoms with Crippen LogP contribution in [0.15, 0.2) is 24.3 Å². The number of hydrogen-bond donors (Lipinski definition) is 0. The van der Waals surface area contributed by atoms with Crippen molar-refractivity contribution in [2.75, 3.05) is 6.61 Å². The first-order valence-electron chi connectivity index (χ1n) is 13.0. The number of unbranched alkanes of at least 4 members (excludes halogenated alkanes) is 3. The first-order chi connectivity index (χ1) is 14.2. The van der Waals surface area contributed by atoms with E-state index in [-0.39, 0.29) is 0 Å². The molecular weight excluding hydrogens is 352 g/mol. The second-order valence-electron chi connectivity index (χ2n) is 10.3. The molecule has 1 heteroatoms. The summed E-state index contributed by atoms with van der Waals surface area (Å²) in [5, 5.41) is 0. The zero-order valence-corrected chi connectivity index (χ0v) is 19.3. The minimum Gasteiger partial charge on any atom is -0.494 e. The highest BCUT2D eigenvalue weighted by molar-refractivity contribution is 5.29. The summed E-state index contributed by atoms with van der Waals surface area (Å²) in [6.45, 7) is 5.59. The van der Waals surface area contributed by atoms with E-state index in [1.807, 2.05) is 0 Å². The third-order valence-electron chi connectivity index (χ3n) is 7.83. The Balaban J connectivity index is 1.25.